The van der Waals surface area contributed by atoms with Crippen LogP contribution in [0.4, 0.5) is 14.5 Å². The van der Waals surface area contributed by atoms with Crippen LogP contribution in [0.3, 0.4) is 0 Å². The summed E-state index contributed by atoms with van der Waals surface area (Å²) in [6.45, 7) is -0.842. The third kappa shape index (κ3) is 7.28. The molecule has 0 fully saturated rings. The van der Waals surface area contributed by atoms with Gasteiger partial charge in [-0.2, -0.15) is 8.78 Å². The molecule has 1 amide bonds. The fourth-order valence-corrected chi connectivity index (χ4v) is 2.40. The molecule has 2 aromatic carbocycles. The van der Waals surface area contributed by atoms with Crippen molar-refractivity contribution in [3.8, 4) is 5.75 Å². The maximum atomic E-state index is 12.2. The van der Waals surface area contributed by atoms with Crippen molar-refractivity contribution >= 4 is 40.9 Å². The van der Waals surface area contributed by atoms with Crippen molar-refractivity contribution in [2.75, 3.05) is 18.5 Å². The Morgan fingerprint density at radius 2 is 1.69 bits per heavy atom. The highest BCUT2D eigenvalue weighted by Crippen LogP contribution is 2.26. The smallest absolute Gasteiger partial charge is 0.344 e. The number of hydrogen-bond acceptors (Lipinski definition) is 5. The molecule has 0 bridgehead atoms. The molecule has 9 heteroatoms. The number of hydrogen-bond donors (Lipinski definition) is 1. The normalized spacial score (nSPS) is 10.5. The Morgan fingerprint density at radius 3 is 2.31 bits per heavy atom. The molecule has 2 rings (SSSR count). The van der Waals surface area contributed by atoms with E-state index in [-0.39, 0.29) is 6.61 Å². The van der Waals surface area contributed by atoms with Gasteiger partial charge in [0.25, 0.3) is 11.7 Å². The molecule has 0 aliphatic heterocycles. The molecule has 0 unspecified atom stereocenters. The lowest BCUT2D eigenvalue weighted by atomic mass is 10.3. The van der Waals surface area contributed by atoms with E-state index in [2.05, 4.69) is 5.32 Å². The van der Waals surface area contributed by atoms with Crippen molar-refractivity contribution in [3.05, 3.63) is 53.6 Å². The van der Waals surface area contributed by atoms with Gasteiger partial charge in [-0.05, 0) is 48.5 Å². The Morgan fingerprint density at radius 1 is 1.04 bits per heavy atom. The van der Waals surface area contributed by atoms with E-state index >= 15 is 0 Å². The Kier molecular flexibility index (Phi) is 7.68. The minimum atomic E-state index is -2.51. The summed E-state index contributed by atoms with van der Waals surface area (Å²) in [6.07, 6.45) is 0. The summed E-state index contributed by atoms with van der Waals surface area (Å²) in [5.41, 5.74) is 0.405. The average molecular weight is 402 g/mol. The molecule has 5 nitrogen and oxygen atoms in total. The van der Waals surface area contributed by atoms with Crippen LogP contribution in [0.25, 0.3) is 0 Å². The largest absolute Gasteiger partial charge is 0.482 e. The highest BCUT2D eigenvalue weighted by molar-refractivity contribution is 7.99. The van der Waals surface area contributed by atoms with Crippen molar-refractivity contribution < 1.29 is 27.8 Å². The molecule has 0 saturated carbocycles. The minimum Gasteiger partial charge on any atom is -0.482 e. The van der Waals surface area contributed by atoms with E-state index in [9.17, 15) is 18.4 Å². The number of esters is 1. The van der Waals surface area contributed by atoms with Gasteiger partial charge in [-0.25, -0.2) is 4.79 Å². The highest BCUT2D eigenvalue weighted by Gasteiger charge is 2.10. The van der Waals surface area contributed by atoms with Gasteiger partial charge in [0.05, 0.1) is 0 Å². The third-order valence-electron chi connectivity index (χ3n) is 2.90. The van der Waals surface area contributed by atoms with Gasteiger partial charge in [0, 0.05) is 15.6 Å². The zero-order chi connectivity index (χ0) is 18.9. The minimum absolute atomic E-state index is 0.353. The fourth-order valence-electron chi connectivity index (χ4n) is 1.78. The zero-order valence-electron chi connectivity index (χ0n) is 13.3. The number of nitrogens with one attached hydrogen (secondary N) is 1. The number of thioether (sulfide) groups is 1. The number of benzene rings is 2. The second kappa shape index (κ2) is 9.98. The summed E-state index contributed by atoms with van der Waals surface area (Å²) in [7, 11) is 0. The summed E-state index contributed by atoms with van der Waals surface area (Å²) in [6, 6.07) is 12.3. The molecule has 0 radical (unpaired) electrons. The maximum Gasteiger partial charge on any atom is 0.344 e. The van der Waals surface area contributed by atoms with Crippen molar-refractivity contribution in [1.29, 1.82) is 0 Å². The first-order chi connectivity index (χ1) is 12.4. The highest BCUT2D eigenvalue weighted by atomic mass is 35.5. The summed E-state index contributed by atoms with van der Waals surface area (Å²) in [5.74, 6) is -3.33. The van der Waals surface area contributed by atoms with E-state index in [4.69, 9.17) is 21.1 Å². The second-order valence-corrected chi connectivity index (χ2v) is 6.35. The van der Waals surface area contributed by atoms with Crippen LogP contribution in [-0.4, -0.2) is 30.8 Å². The fraction of sp³-hybridized carbons (Fsp3) is 0.176. The lowest BCUT2D eigenvalue weighted by Gasteiger charge is -2.08. The van der Waals surface area contributed by atoms with Crippen LogP contribution in [0.2, 0.25) is 5.02 Å². The number of alkyl halides is 2. The summed E-state index contributed by atoms with van der Waals surface area (Å²) in [5, 5.41) is 3.03. The number of ether oxygens (including phenoxy) is 2. The van der Waals surface area contributed by atoms with Crippen LogP contribution >= 0.6 is 23.4 Å². The number of carbonyl (C=O) groups is 2. The van der Waals surface area contributed by atoms with Crippen molar-refractivity contribution in [1.82, 2.24) is 0 Å². The molecule has 0 atom stereocenters. The number of carbonyl (C=O) groups excluding carboxylic acids is 2. The molecular weight excluding hydrogens is 388 g/mol. The van der Waals surface area contributed by atoms with Gasteiger partial charge >= 0.3 is 5.97 Å². The summed E-state index contributed by atoms with van der Waals surface area (Å²) in [4.78, 5) is 23.7. The molecule has 0 aromatic heterocycles. The van der Waals surface area contributed by atoms with E-state index < -0.39 is 24.2 Å². The number of rotatable bonds is 8. The summed E-state index contributed by atoms with van der Waals surface area (Å²) >= 11 is 6.14. The van der Waals surface area contributed by atoms with Gasteiger partial charge in [0.1, 0.15) is 5.75 Å². The van der Waals surface area contributed by atoms with Crippen molar-refractivity contribution in [2.24, 2.45) is 0 Å². The van der Waals surface area contributed by atoms with E-state index in [1.165, 1.54) is 24.3 Å². The first-order valence-electron chi connectivity index (χ1n) is 7.31. The van der Waals surface area contributed by atoms with Crippen LogP contribution < -0.4 is 10.1 Å². The predicted molar refractivity (Wildman–Crippen MR) is 94.8 cm³/mol. The van der Waals surface area contributed by atoms with Crippen molar-refractivity contribution in [3.63, 3.8) is 0 Å². The van der Waals surface area contributed by atoms with E-state index in [1.54, 1.807) is 24.3 Å². The quantitative estimate of drug-likeness (QED) is 0.530. The Bertz CT molecular complexity index is 741. The standard InChI is InChI=1S/C17H14ClF2NO4S/c18-11-1-5-13(6-2-11)24-10-16(23)25-9-15(22)21-12-3-7-14(8-4-12)26-17(19)20/h1-8,17H,9-10H2,(H,21,22). The number of anilines is 1. The van der Waals surface area contributed by atoms with Gasteiger partial charge < -0.3 is 14.8 Å². The van der Waals surface area contributed by atoms with Crippen LogP contribution in [0.5, 0.6) is 5.75 Å². The van der Waals surface area contributed by atoms with Gasteiger partial charge in [-0.15, -0.1) is 0 Å². The van der Waals surface area contributed by atoms with Gasteiger partial charge in [-0.1, -0.05) is 23.4 Å². The molecule has 0 aliphatic rings. The lowest BCUT2D eigenvalue weighted by Crippen LogP contribution is -2.23. The lowest BCUT2D eigenvalue weighted by molar-refractivity contribution is -0.149. The van der Waals surface area contributed by atoms with E-state index in [1.807, 2.05) is 0 Å². The number of amides is 1. The van der Waals surface area contributed by atoms with E-state index in [0.717, 1.165) is 0 Å². The molecule has 26 heavy (non-hydrogen) atoms. The van der Waals surface area contributed by atoms with Crippen LogP contribution in [-0.2, 0) is 14.3 Å². The predicted octanol–water partition coefficient (Wildman–Crippen LogP) is 4.22. The Hall–Kier alpha value is -2.32. The third-order valence-corrected chi connectivity index (χ3v) is 3.87. The van der Waals surface area contributed by atoms with Crippen LogP contribution in [0.1, 0.15) is 0 Å². The first kappa shape index (κ1) is 20.0. The topological polar surface area (TPSA) is 64.6 Å². The van der Waals surface area contributed by atoms with Gasteiger partial charge in [0.2, 0.25) is 0 Å². The van der Waals surface area contributed by atoms with Gasteiger partial charge in [-0.3, -0.25) is 4.79 Å². The average Bonchev–Trinajstić information content (AvgIpc) is 2.61. The molecule has 138 valence electrons. The van der Waals surface area contributed by atoms with Crippen LogP contribution in [0, 0.1) is 0 Å². The Labute approximate surface area is 157 Å². The summed E-state index contributed by atoms with van der Waals surface area (Å²) < 4.78 is 34.4. The zero-order valence-corrected chi connectivity index (χ0v) is 14.9. The van der Waals surface area contributed by atoms with Crippen LogP contribution in [0.15, 0.2) is 53.4 Å². The van der Waals surface area contributed by atoms with E-state index in [0.29, 0.717) is 33.1 Å². The molecule has 2 aromatic rings. The SMILES string of the molecule is O=C(COC(=O)COc1ccc(Cl)cc1)Nc1ccc(SC(F)F)cc1. The molecule has 0 spiro atoms. The molecular formula is C17H14ClF2NO4S. The number of halogens is 3. The van der Waals surface area contributed by atoms with Crippen molar-refractivity contribution in [2.45, 2.75) is 10.7 Å². The molecule has 0 saturated heterocycles. The monoisotopic (exact) mass is 401 g/mol. The molecule has 0 aliphatic carbocycles. The Balaban J connectivity index is 1.70. The second-order valence-electron chi connectivity index (χ2n) is 4.85. The van der Waals surface area contributed by atoms with Gasteiger partial charge in [0.15, 0.2) is 13.2 Å². The first-order valence-corrected chi connectivity index (χ1v) is 8.57. The molecule has 0 heterocycles. The molecule has 1 N–H and O–H groups in total. The maximum absolute atomic E-state index is 12.2.